The van der Waals surface area contributed by atoms with Crippen LogP contribution >= 0.6 is 22.9 Å². The number of hydrogen-bond donors (Lipinski definition) is 0. The molecule has 1 unspecified atom stereocenters. The van der Waals surface area contributed by atoms with Gasteiger partial charge in [0.15, 0.2) is 0 Å². The summed E-state index contributed by atoms with van der Waals surface area (Å²) in [6.07, 6.45) is 0.194. The van der Waals surface area contributed by atoms with Gasteiger partial charge in [0.05, 0.1) is 24.1 Å². The van der Waals surface area contributed by atoms with Crippen molar-refractivity contribution in [1.29, 1.82) is 0 Å². The third kappa shape index (κ3) is 6.46. The average molecular weight is 502 g/mol. The molecule has 176 valence electrons. The molecule has 1 aromatic heterocycles. The van der Waals surface area contributed by atoms with Gasteiger partial charge in [-0.2, -0.15) is 0 Å². The molecule has 3 rings (SSSR count). The van der Waals surface area contributed by atoms with Crippen molar-refractivity contribution in [3.8, 4) is 16.3 Å². The van der Waals surface area contributed by atoms with E-state index in [1.54, 1.807) is 6.92 Å². The van der Waals surface area contributed by atoms with Crippen LogP contribution in [0.5, 0.6) is 5.75 Å². The minimum absolute atomic E-state index is 0.130. The molecular weight excluding hydrogens is 470 g/mol. The first kappa shape index (κ1) is 25.5. The van der Waals surface area contributed by atoms with Crippen LogP contribution in [0.4, 0.5) is 0 Å². The Morgan fingerprint density at radius 1 is 1.12 bits per heavy atom. The Hall–Kier alpha value is -2.15. The summed E-state index contributed by atoms with van der Waals surface area (Å²) in [5, 5.41) is 2.62. The SMILES string of the molecule is CCOC(=O)Cc1csc(-c2ccc(C(Cl)c3cccc(O[Si](C)(C)C(C)(C)C)c3)cc2)n1. The Bertz CT molecular complexity index is 1090. The maximum absolute atomic E-state index is 11.7. The Morgan fingerprint density at radius 2 is 1.82 bits per heavy atom. The molecular formula is C26H32ClNO3SSi. The first-order valence-corrected chi connectivity index (χ1v) is 15.4. The van der Waals surface area contributed by atoms with Crippen molar-refractivity contribution < 1.29 is 14.0 Å². The van der Waals surface area contributed by atoms with Gasteiger partial charge in [-0.25, -0.2) is 4.98 Å². The van der Waals surface area contributed by atoms with Gasteiger partial charge in [-0.15, -0.1) is 22.9 Å². The van der Waals surface area contributed by atoms with Gasteiger partial charge in [0.25, 0.3) is 0 Å². The highest BCUT2D eigenvalue weighted by Gasteiger charge is 2.39. The van der Waals surface area contributed by atoms with Crippen LogP contribution in [0.2, 0.25) is 18.1 Å². The first-order chi connectivity index (χ1) is 15.5. The number of carbonyl (C=O) groups excluding carboxylic acids is 1. The Kier molecular flexibility index (Phi) is 8.03. The molecule has 0 fully saturated rings. The fourth-order valence-corrected chi connectivity index (χ4v) is 5.18. The van der Waals surface area contributed by atoms with Crippen LogP contribution in [-0.2, 0) is 16.0 Å². The molecule has 1 heterocycles. The van der Waals surface area contributed by atoms with E-state index in [1.807, 2.05) is 47.8 Å². The van der Waals surface area contributed by atoms with Gasteiger partial charge in [0.2, 0.25) is 8.32 Å². The lowest BCUT2D eigenvalue weighted by molar-refractivity contribution is -0.142. The van der Waals surface area contributed by atoms with Gasteiger partial charge in [-0.3, -0.25) is 4.79 Å². The summed E-state index contributed by atoms with van der Waals surface area (Å²) in [7, 11) is -1.92. The van der Waals surface area contributed by atoms with Crippen molar-refractivity contribution in [3.05, 3.63) is 70.7 Å². The molecule has 0 radical (unpaired) electrons. The third-order valence-electron chi connectivity index (χ3n) is 5.96. The summed E-state index contributed by atoms with van der Waals surface area (Å²) in [5.41, 5.74) is 3.74. The summed E-state index contributed by atoms with van der Waals surface area (Å²) in [4.78, 5) is 16.3. The molecule has 0 spiro atoms. The number of thiazole rings is 1. The molecule has 1 atom stereocenters. The largest absolute Gasteiger partial charge is 0.543 e. The molecule has 0 bridgehead atoms. The van der Waals surface area contributed by atoms with Crippen LogP contribution in [0.15, 0.2) is 53.9 Å². The highest BCUT2D eigenvalue weighted by atomic mass is 35.5. The molecule has 0 aliphatic heterocycles. The fourth-order valence-electron chi connectivity index (χ4n) is 3.05. The lowest BCUT2D eigenvalue weighted by atomic mass is 10.0. The van der Waals surface area contributed by atoms with Crippen LogP contribution < -0.4 is 4.43 Å². The molecule has 4 nitrogen and oxygen atoms in total. The molecule has 2 aromatic carbocycles. The average Bonchev–Trinajstić information content (AvgIpc) is 3.21. The van der Waals surface area contributed by atoms with Crippen molar-refractivity contribution in [3.63, 3.8) is 0 Å². The number of rotatable bonds is 8. The van der Waals surface area contributed by atoms with Gasteiger partial charge < -0.3 is 9.16 Å². The van der Waals surface area contributed by atoms with Crippen molar-refractivity contribution in [1.82, 2.24) is 4.98 Å². The first-order valence-electron chi connectivity index (χ1n) is 11.1. The maximum atomic E-state index is 11.7. The minimum atomic E-state index is -1.92. The molecule has 0 amide bonds. The van der Waals surface area contributed by atoms with Crippen LogP contribution in [0, 0.1) is 0 Å². The summed E-state index contributed by atoms with van der Waals surface area (Å²) in [5.74, 6) is 0.618. The zero-order valence-corrected chi connectivity index (χ0v) is 22.7. The molecule has 0 aliphatic rings. The molecule has 0 saturated heterocycles. The second kappa shape index (κ2) is 10.4. The van der Waals surface area contributed by atoms with E-state index in [0.717, 1.165) is 33.1 Å². The summed E-state index contributed by atoms with van der Waals surface area (Å²) in [6, 6.07) is 16.2. The molecule has 0 saturated carbocycles. The number of hydrogen-bond acceptors (Lipinski definition) is 5. The minimum Gasteiger partial charge on any atom is -0.543 e. The maximum Gasteiger partial charge on any atom is 0.311 e. The van der Waals surface area contributed by atoms with E-state index in [2.05, 4.69) is 44.9 Å². The van der Waals surface area contributed by atoms with E-state index in [1.165, 1.54) is 11.3 Å². The highest BCUT2D eigenvalue weighted by molar-refractivity contribution is 7.13. The highest BCUT2D eigenvalue weighted by Crippen LogP contribution is 2.39. The Morgan fingerprint density at radius 3 is 2.45 bits per heavy atom. The van der Waals surface area contributed by atoms with Crippen molar-refractivity contribution in [2.24, 2.45) is 0 Å². The topological polar surface area (TPSA) is 48.4 Å². The Balaban J connectivity index is 1.73. The van der Waals surface area contributed by atoms with Crippen molar-refractivity contribution >= 4 is 37.2 Å². The molecule has 7 heteroatoms. The van der Waals surface area contributed by atoms with E-state index in [0.29, 0.717) is 6.61 Å². The molecule has 0 aliphatic carbocycles. The van der Waals surface area contributed by atoms with E-state index >= 15 is 0 Å². The van der Waals surface area contributed by atoms with Gasteiger partial charge in [-0.05, 0) is 48.3 Å². The second-order valence-corrected chi connectivity index (χ2v) is 15.6. The van der Waals surface area contributed by atoms with E-state index in [4.69, 9.17) is 20.8 Å². The van der Waals surface area contributed by atoms with Crippen LogP contribution in [0.25, 0.3) is 10.6 Å². The standard InChI is InChI=1S/C26H32ClNO3SSi/c1-7-30-23(29)16-21-17-32-25(28-21)19-13-11-18(12-14-19)24(27)20-9-8-10-22(15-20)31-33(5,6)26(2,3)4/h8-15,17,24H,7,16H2,1-6H3. The number of benzene rings is 2. The normalized spacial score (nSPS) is 12.9. The van der Waals surface area contributed by atoms with E-state index in [9.17, 15) is 4.79 Å². The van der Waals surface area contributed by atoms with Crippen LogP contribution in [-0.4, -0.2) is 25.9 Å². The van der Waals surface area contributed by atoms with Gasteiger partial charge in [-0.1, -0.05) is 57.2 Å². The third-order valence-corrected chi connectivity index (χ3v) is 11.8. The lowest BCUT2D eigenvalue weighted by Gasteiger charge is -2.36. The zero-order chi connectivity index (χ0) is 24.2. The van der Waals surface area contributed by atoms with E-state index in [-0.39, 0.29) is 22.8 Å². The predicted molar refractivity (Wildman–Crippen MR) is 140 cm³/mol. The Labute approximate surface area is 207 Å². The van der Waals surface area contributed by atoms with Gasteiger partial charge in [0, 0.05) is 10.9 Å². The van der Waals surface area contributed by atoms with E-state index < -0.39 is 8.32 Å². The fraction of sp³-hybridized carbons (Fsp3) is 0.385. The number of nitrogens with zero attached hydrogens (tertiary/aromatic N) is 1. The van der Waals surface area contributed by atoms with Gasteiger partial charge >= 0.3 is 5.97 Å². The number of halogens is 1. The molecule has 3 aromatic rings. The van der Waals surface area contributed by atoms with Crippen molar-refractivity contribution in [2.45, 2.75) is 57.6 Å². The smallest absolute Gasteiger partial charge is 0.311 e. The summed E-state index contributed by atoms with van der Waals surface area (Å²) in [6.45, 7) is 13.4. The number of aromatic nitrogens is 1. The number of esters is 1. The quantitative estimate of drug-likeness (QED) is 0.181. The number of carbonyl (C=O) groups is 1. The number of ether oxygens (including phenoxy) is 1. The summed E-state index contributed by atoms with van der Waals surface area (Å²) < 4.78 is 11.5. The van der Waals surface area contributed by atoms with Gasteiger partial charge in [0.1, 0.15) is 10.8 Å². The molecule has 0 N–H and O–H groups in total. The monoisotopic (exact) mass is 501 g/mol. The lowest BCUT2D eigenvalue weighted by Crippen LogP contribution is -2.43. The van der Waals surface area contributed by atoms with Crippen LogP contribution in [0.1, 0.15) is 49.9 Å². The van der Waals surface area contributed by atoms with Crippen molar-refractivity contribution in [2.75, 3.05) is 6.61 Å². The summed E-state index contributed by atoms with van der Waals surface area (Å²) >= 11 is 8.36. The van der Waals surface area contributed by atoms with Crippen LogP contribution in [0.3, 0.4) is 0 Å². The molecule has 33 heavy (non-hydrogen) atoms. The zero-order valence-electron chi connectivity index (χ0n) is 20.1. The second-order valence-electron chi connectivity index (χ2n) is 9.55. The number of alkyl halides is 1. The predicted octanol–water partition coefficient (Wildman–Crippen LogP) is 7.63.